The fraction of sp³-hybridized carbons (Fsp3) is 0.125. The standard InChI is InChI=1S/C24H20Cl2N4O/c1-14-10-11-15(2)20(12-14)30-23(17-7-5-8-18(25)13-17)28-22(29-30)24(31)27-21-16(3)6-4-9-19(21)26/h4-13H,1-3H3,(H,27,31). The first-order valence-corrected chi connectivity index (χ1v) is 10.5. The number of rotatable bonds is 4. The summed E-state index contributed by atoms with van der Waals surface area (Å²) in [6, 6.07) is 18.8. The van der Waals surface area contributed by atoms with E-state index in [9.17, 15) is 4.79 Å². The smallest absolute Gasteiger partial charge is 0.295 e. The summed E-state index contributed by atoms with van der Waals surface area (Å²) in [4.78, 5) is 17.6. The van der Waals surface area contributed by atoms with E-state index in [2.05, 4.69) is 15.4 Å². The van der Waals surface area contributed by atoms with Gasteiger partial charge >= 0.3 is 0 Å². The van der Waals surface area contributed by atoms with E-state index < -0.39 is 5.91 Å². The second-order valence-corrected chi connectivity index (χ2v) is 8.20. The number of nitrogens with zero attached hydrogens (tertiary/aromatic N) is 3. The Balaban J connectivity index is 1.83. The average molecular weight is 451 g/mol. The number of hydrogen-bond acceptors (Lipinski definition) is 3. The molecule has 0 saturated heterocycles. The molecule has 3 aromatic carbocycles. The summed E-state index contributed by atoms with van der Waals surface area (Å²) in [7, 11) is 0. The highest BCUT2D eigenvalue weighted by Crippen LogP contribution is 2.28. The van der Waals surface area contributed by atoms with Crippen LogP contribution >= 0.6 is 23.2 Å². The number of benzene rings is 3. The number of aromatic nitrogens is 3. The number of hydrogen-bond donors (Lipinski definition) is 1. The van der Waals surface area contributed by atoms with Gasteiger partial charge in [0, 0.05) is 10.6 Å². The monoisotopic (exact) mass is 450 g/mol. The Kier molecular flexibility index (Phi) is 5.81. The molecule has 4 aromatic rings. The van der Waals surface area contributed by atoms with Crippen molar-refractivity contribution in [3.05, 3.63) is 93.2 Å². The van der Waals surface area contributed by atoms with E-state index in [-0.39, 0.29) is 5.82 Å². The summed E-state index contributed by atoms with van der Waals surface area (Å²) in [6.45, 7) is 5.87. The molecule has 0 aliphatic rings. The van der Waals surface area contributed by atoms with Gasteiger partial charge in [-0.1, -0.05) is 59.6 Å². The fourth-order valence-corrected chi connectivity index (χ4v) is 3.76. The Morgan fingerprint density at radius 1 is 0.935 bits per heavy atom. The van der Waals surface area contributed by atoms with Crippen LogP contribution in [0.25, 0.3) is 17.1 Å². The van der Waals surface area contributed by atoms with Gasteiger partial charge in [-0.05, 0) is 61.7 Å². The number of anilines is 1. The van der Waals surface area contributed by atoms with Crippen LogP contribution in [-0.4, -0.2) is 20.7 Å². The third kappa shape index (κ3) is 4.33. The van der Waals surface area contributed by atoms with Crippen LogP contribution < -0.4 is 5.32 Å². The van der Waals surface area contributed by atoms with Crippen LogP contribution in [0.4, 0.5) is 5.69 Å². The summed E-state index contributed by atoms with van der Waals surface area (Å²) in [6.07, 6.45) is 0. The molecule has 7 heteroatoms. The topological polar surface area (TPSA) is 59.8 Å². The van der Waals surface area contributed by atoms with E-state index in [1.165, 1.54) is 0 Å². The molecule has 0 spiro atoms. The van der Waals surface area contributed by atoms with Gasteiger partial charge in [-0.2, -0.15) is 0 Å². The molecule has 0 unspecified atom stereocenters. The highest BCUT2D eigenvalue weighted by atomic mass is 35.5. The molecule has 1 amide bonds. The Hall–Kier alpha value is -3.15. The Morgan fingerprint density at radius 2 is 1.71 bits per heavy atom. The molecule has 0 saturated carbocycles. The number of para-hydroxylation sites is 1. The van der Waals surface area contributed by atoms with Gasteiger partial charge in [0.1, 0.15) is 0 Å². The van der Waals surface area contributed by atoms with Crippen LogP contribution in [0.5, 0.6) is 0 Å². The lowest BCUT2D eigenvalue weighted by Gasteiger charge is -2.10. The molecule has 31 heavy (non-hydrogen) atoms. The second kappa shape index (κ2) is 8.53. The van der Waals surface area contributed by atoms with Gasteiger partial charge in [0.05, 0.1) is 16.4 Å². The molecule has 1 N–H and O–H groups in total. The molecule has 0 atom stereocenters. The summed E-state index contributed by atoms with van der Waals surface area (Å²) < 4.78 is 1.68. The van der Waals surface area contributed by atoms with Crippen molar-refractivity contribution in [3.63, 3.8) is 0 Å². The maximum Gasteiger partial charge on any atom is 0.295 e. The first-order valence-electron chi connectivity index (χ1n) is 9.70. The number of amides is 1. The van der Waals surface area contributed by atoms with Crippen LogP contribution in [0, 0.1) is 20.8 Å². The lowest BCUT2D eigenvalue weighted by Crippen LogP contribution is -2.15. The minimum absolute atomic E-state index is 0.0372. The molecule has 1 aromatic heterocycles. The van der Waals surface area contributed by atoms with Crippen LogP contribution in [0.15, 0.2) is 60.7 Å². The minimum Gasteiger partial charge on any atom is -0.318 e. The normalized spacial score (nSPS) is 10.9. The lowest BCUT2D eigenvalue weighted by molar-refractivity contribution is 0.101. The predicted molar refractivity (Wildman–Crippen MR) is 125 cm³/mol. The van der Waals surface area contributed by atoms with Gasteiger partial charge in [-0.3, -0.25) is 4.79 Å². The third-order valence-corrected chi connectivity index (χ3v) is 5.50. The molecule has 5 nitrogen and oxygen atoms in total. The number of carbonyl (C=O) groups is 1. The molecule has 0 fully saturated rings. The van der Waals surface area contributed by atoms with Gasteiger partial charge in [0.25, 0.3) is 5.91 Å². The molecule has 0 aliphatic carbocycles. The SMILES string of the molecule is Cc1ccc(C)c(-n2nc(C(=O)Nc3c(C)cccc3Cl)nc2-c2cccc(Cl)c2)c1. The van der Waals surface area contributed by atoms with Gasteiger partial charge < -0.3 is 5.32 Å². The lowest BCUT2D eigenvalue weighted by atomic mass is 10.1. The molecule has 156 valence electrons. The summed E-state index contributed by atoms with van der Waals surface area (Å²) in [5, 5.41) is 8.42. The summed E-state index contributed by atoms with van der Waals surface area (Å²) in [5.74, 6) is 0.121. The average Bonchev–Trinajstić information content (AvgIpc) is 3.18. The van der Waals surface area contributed by atoms with Gasteiger partial charge in [-0.15, -0.1) is 5.10 Å². The largest absolute Gasteiger partial charge is 0.318 e. The first-order chi connectivity index (χ1) is 14.8. The Labute approximate surface area is 190 Å². The summed E-state index contributed by atoms with van der Waals surface area (Å²) >= 11 is 12.5. The Bertz CT molecular complexity index is 1280. The van der Waals surface area contributed by atoms with Crippen molar-refractivity contribution in [3.8, 4) is 17.1 Å². The predicted octanol–water partition coefficient (Wildman–Crippen LogP) is 6.42. The number of nitrogens with one attached hydrogen (secondary N) is 1. The van der Waals surface area contributed by atoms with Crippen molar-refractivity contribution in [1.29, 1.82) is 0 Å². The maximum absolute atomic E-state index is 13.0. The van der Waals surface area contributed by atoms with Gasteiger partial charge in [0.2, 0.25) is 5.82 Å². The molecular formula is C24H20Cl2N4O. The third-order valence-electron chi connectivity index (χ3n) is 4.95. The first kappa shape index (κ1) is 21.1. The molecule has 1 heterocycles. The van der Waals surface area contributed by atoms with Crippen molar-refractivity contribution in [2.75, 3.05) is 5.32 Å². The van der Waals surface area contributed by atoms with E-state index in [0.29, 0.717) is 21.6 Å². The zero-order valence-electron chi connectivity index (χ0n) is 17.3. The van der Waals surface area contributed by atoms with Crippen molar-refractivity contribution < 1.29 is 4.79 Å². The maximum atomic E-state index is 13.0. The second-order valence-electron chi connectivity index (χ2n) is 7.36. The molecular weight excluding hydrogens is 431 g/mol. The quantitative estimate of drug-likeness (QED) is 0.390. The minimum atomic E-state index is -0.441. The highest BCUT2D eigenvalue weighted by Gasteiger charge is 2.21. The molecule has 0 radical (unpaired) electrons. The van der Waals surface area contributed by atoms with Crippen molar-refractivity contribution >= 4 is 34.8 Å². The zero-order chi connectivity index (χ0) is 22.1. The molecule has 4 rings (SSSR count). The highest BCUT2D eigenvalue weighted by molar-refractivity contribution is 6.34. The van der Waals surface area contributed by atoms with E-state index >= 15 is 0 Å². The molecule has 0 bridgehead atoms. The zero-order valence-corrected chi connectivity index (χ0v) is 18.8. The van der Waals surface area contributed by atoms with Crippen molar-refractivity contribution in [2.45, 2.75) is 20.8 Å². The fourth-order valence-electron chi connectivity index (χ4n) is 3.30. The van der Waals surface area contributed by atoms with Crippen LogP contribution in [-0.2, 0) is 0 Å². The number of aryl methyl sites for hydroxylation is 3. The number of carbonyl (C=O) groups excluding carboxylic acids is 1. The van der Waals surface area contributed by atoms with Crippen LogP contribution in [0.1, 0.15) is 27.3 Å². The molecule has 0 aliphatic heterocycles. The van der Waals surface area contributed by atoms with E-state index in [4.69, 9.17) is 23.2 Å². The van der Waals surface area contributed by atoms with Crippen molar-refractivity contribution in [1.82, 2.24) is 14.8 Å². The van der Waals surface area contributed by atoms with Crippen LogP contribution in [0.3, 0.4) is 0 Å². The van der Waals surface area contributed by atoms with E-state index in [1.54, 1.807) is 22.9 Å². The van der Waals surface area contributed by atoms with E-state index in [0.717, 1.165) is 27.9 Å². The number of halogens is 2. The van der Waals surface area contributed by atoms with Crippen molar-refractivity contribution in [2.24, 2.45) is 0 Å². The van der Waals surface area contributed by atoms with Gasteiger partial charge in [0.15, 0.2) is 5.82 Å². The van der Waals surface area contributed by atoms with Crippen LogP contribution in [0.2, 0.25) is 10.0 Å². The Morgan fingerprint density at radius 3 is 2.45 bits per heavy atom. The van der Waals surface area contributed by atoms with Gasteiger partial charge in [-0.25, -0.2) is 9.67 Å². The summed E-state index contributed by atoms with van der Waals surface area (Å²) in [5.41, 5.74) is 5.08. The van der Waals surface area contributed by atoms with E-state index in [1.807, 2.05) is 63.2 Å².